The van der Waals surface area contributed by atoms with Gasteiger partial charge in [-0.2, -0.15) is 4.31 Å². The van der Waals surface area contributed by atoms with E-state index in [9.17, 15) is 13.2 Å². The molecular formula is C16H19NO4S. The Kier molecular flexibility index (Phi) is 3.82. The van der Waals surface area contributed by atoms with Gasteiger partial charge in [0.2, 0.25) is 10.0 Å². The molecule has 2 unspecified atom stereocenters. The molecule has 5 nitrogen and oxygen atoms in total. The van der Waals surface area contributed by atoms with Crippen LogP contribution in [0.25, 0.3) is 11.0 Å². The molecule has 3 rings (SSSR count). The largest absolute Gasteiger partial charge is 0.423 e. The van der Waals surface area contributed by atoms with E-state index in [-0.39, 0.29) is 4.90 Å². The van der Waals surface area contributed by atoms with Crippen LogP contribution < -0.4 is 5.63 Å². The minimum Gasteiger partial charge on any atom is -0.423 e. The van der Waals surface area contributed by atoms with Crippen molar-refractivity contribution in [3.8, 4) is 0 Å². The summed E-state index contributed by atoms with van der Waals surface area (Å²) in [7, 11) is -3.56. The highest BCUT2D eigenvalue weighted by molar-refractivity contribution is 7.89. The lowest BCUT2D eigenvalue weighted by molar-refractivity contribution is 0.222. The van der Waals surface area contributed by atoms with Crippen molar-refractivity contribution in [3.05, 3.63) is 40.8 Å². The summed E-state index contributed by atoms with van der Waals surface area (Å²) in [6, 6.07) is 7.63. The summed E-state index contributed by atoms with van der Waals surface area (Å²) in [5, 5.41) is 0.707. The van der Waals surface area contributed by atoms with Crippen LogP contribution in [0.3, 0.4) is 0 Å². The first-order valence-electron chi connectivity index (χ1n) is 7.40. The predicted octanol–water partition coefficient (Wildman–Crippen LogP) is 2.46. The lowest BCUT2D eigenvalue weighted by Gasteiger charge is -2.34. The Morgan fingerprint density at radius 3 is 2.41 bits per heavy atom. The molecule has 2 aromatic rings. The predicted molar refractivity (Wildman–Crippen MR) is 84.2 cm³/mol. The second kappa shape index (κ2) is 5.52. The second-order valence-electron chi connectivity index (χ2n) is 6.22. The maximum Gasteiger partial charge on any atom is 0.336 e. The smallest absolute Gasteiger partial charge is 0.336 e. The Bertz CT molecular complexity index is 846. The monoisotopic (exact) mass is 321 g/mol. The van der Waals surface area contributed by atoms with Crippen LogP contribution in [0.15, 0.2) is 44.4 Å². The number of benzene rings is 1. The number of nitrogens with zero attached hydrogens (tertiary/aromatic N) is 1. The van der Waals surface area contributed by atoms with E-state index in [4.69, 9.17) is 4.42 Å². The van der Waals surface area contributed by atoms with E-state index >= 15 is 0 Å². The number of rotatable bonds is 2. The van der Waals surface area contributed by atoms with Crippen LogP contribution in [0.1, 0.15) is 20.3 Å². The van der Waals surface area contributed by atoms with Crippen molar-refractivity contribution in [3.63, 3.8) is 0 Å². The number of hydrogen-bond acceptors (Lipinski definition) is 4. The Labute approximate surface area is 129 Å². The molecule has 118 valence electrons. The van der Waals surface area contributed by atoms with Crippen molar-refractivity contribution in [1.82, 2.24) is 4.31 Å². The lowest BCUT2D eigenvalue weighted by Crippen LogP contribution is -2.42. The molecule has 0 N–H and O–H groups in total. The summed E-state index contributed by atoms with van der Waals surface area (Å²) < 4.78 is 32.3. The van der Waals surface area contributed by atoms with E-state index < -0.39 is 15.6 Å². The minimum absolute atomic E-state index is 0.177. The topological polar surface area (TPSA) is 67.6 Å². The summed E-state index contributed by atoms with van der Waals surface area (Å²) in [5.41, 5.74) is -0.186. The standard InChI is InChI=1S/C16H19NO4S/c1-11-7-12(2)10-17(9-11)22(19,20)14-5-3-13-4-6-16(18)21-15(13)8-14/h3-6,8,11-12H,7,9-10H2,1-2H3. The van der Waals surface area contributed by atoms with Crippen molar-refractivity contribution in [1.29, 1.82) is 0 Å². The van der Waals surface area contributed by atoms with Gasteiger partial charge < -0.3 is 4.42 Å². The van der Waals surface area contributed by atoms with Gasteiger partial charge in [0.05, 0.1) is 4.90 Å². The summed E-state index contributed by atoms with van der Waals surface area (Å²) >= 11 is 0. The maximum absolute atomic E-state index is 12.8. The van der Waals surface area contributed by atoms with Gasteiger partial charge in [0.15, 0.2) is 0 Å². The summed E-state index contributed by atoms with van der Waals surface area (Å²) in [4.78, 5) is 11.5. The molecule has 2 heterocycles. The van der Waals surface area contributed by atoms with Crippen molar-refractivity contribution < 1.29 is 12.8 Å². The molecule has 0 saturated carbocycles. The van der Waals surface area contributed by atoms with E-state index in [0.717, 1.165) is 6.42 Å². The first kappa shape index (κ1) is 15.2. The highest BCUT2D eigenvalue weighted by atomic mass is 32.2. The zero-order chi connectivity index (χ0) is 15.9. The highest BCUT2D eigenvalue weighted by Gasteiger charge is 2.31. The average Bonchev–Trinajstić information content (AvgIpc) is 2.45. The van der Waals surface area contributed by atoms with Gasteiger partial charge >= 0.3 is 5.63 Å². The maximum atomic E-state index is 12.8. The van der Waals surface area contributed by atoms with Gasteiger partial charge in [-0.25, -0.2) is 13.2 Å². The van der Waals surface area contributed by atoms with Gasteiger partial charge in [0.25, 0.3) is 0 Å². The molecule has 6 heteroatoms. The van der Waals surface area contributed by atoms with Crippen LogP contribution in [0, 0.1) is 11.8 Å². The van der Waals surface area contributed by atoms with Gasteiger partial charge in [-0.05, 0) is 36.5 Å². The van der Waals surface area contributed by atoms with Crippen molar-refractivity contribution in [2.75, 3.05) is 13.1 Å². The van der Waals surface area contributed by atoms with E-state index in [1.807, 2.05) is 0 Å². The molecule has 1 aromatic heterocycles. The van der Waals surface area contributed by atoms with Crippen molar-refractivity contribution in [2.45, 2.75) is 25.2 Å². The van der Waals surface area contributed by atoms with Crippen LogP contribution in [-0.2, 0) is 10.0 Å². The molecule has 0 spiro atoms. The van der Waals surface area contributed by atoms with Crippen LogP contribution in [0.2, 0.25) is 0 Å². The molecular weight excluding hydrogens is 302 g/mol. The van der Waals surface area contributed by atoms with Crippen molar-refractivity contribution >= 4 is 21.0 Å². The number of fused-ring (bicyclic) bond motifs is 1. The van der Waals surface area contributed by atoms with Crippen LogP contribution in [0.5, 0.6) is 0 Å². The second-order valence-corrected chi connectivity index (χ2v) is 8.16. The number of hydrogen-bond donors (Lipinski definition) is 0. The normalized spacial score (nSPS) is 23.7. The SMILES string of the molecule is CC1CC(C)CN(S(=O)(=O)c2ccc3ccc(=O)oc3c2)C1. The summed E-state index contributed by atoms with van der Waals surface area (Å²) in [6.45, 7) is 5.20. The zero-order valence-corrected chi connectivity index (χ0v) is 13.5. The lowest BCUT2D eigenvalue weighted by atomic mass is 9.94. The molecule has 22 heavy (non-hydrogen) atoms. The van der Waals surface area contributed by atoms with E-state index in [0.29, 0.717) is 35.9 Å². The molecule has 0 radical (unpaired) electrons. The fraction of sp³-hybridized carbons (Fsp3) is 0.438. The number of piperidine rings is 1. The quantitative estimate of drug-likeness (QED) is 0.797. The Morgan fingerprint density at radius 1 is 1.09 bits per heavy atom. The Morgan fingerprint density at radius 2 is 1.73 bits per heavy atom. The van der Waals surface area contributed by atoms with E-state index in [1.165, 1.54) is 16.4 Å². The first-order chi connectivity index (χ1) is 10.4. The molecule has 1 aliphatic rings. The van der Waals surface area contributed by atoms with Gasteiger partial charge in [-0.1, -0.05) is 13.8 Å². The van der Waals surface area contributed by atoms with Crippen LogP contribution in [-0.4, -0.2) is 25.8 Å². The van der Waals surface area contributed by atoms with Crippen molar-refractivity contribution in [2.24, 2.45) is 11.8 Å². The van der Waals surface area contributed by atoms with E-state index in [2.05, 4.69) is 13.8 Å². The van der Waals surface area contributed by atoms with Gasteiger partial charge in [-0.3, -0.25) is 0 Å². The fourth-order valence-electron chi connectivity index (χ4n) is 3.15. The molecule has 2 atom stereocenters. The average molecular weight is 321 g/mol. The van der Waals surface area contributed by atoms with Crippen LogP contribution >= 0.6 is 0 Å². The van der Waals surface area contributed by atoms with E-state index in [1.54, 1.807) is 18.2 Å². The molecule has 1 aliphatic heterocycles. The molecule has 1 fully saturated rings. The molecule has 0 amide bonds. The zero-order valence-electron chi connectivity index (χ0n) is 12.7. The summed E-state index contributed by atoms with van der Waals surface area (Å²) in [6.07, 6.45) is 1.04. The first-order valence-corrected chi connectivity index (χ1v) is 8.84. The third kappa shape index (κ3) is 2.80. The van der Waals surface area contributed by atoms with Gasteiger partial charge in [0, 0.05) is 30.6 Å². The fourth-order valence-corrected chi connectivity index (χ4v) is 4.85. The third-order valence-corrected chi connectivity index (χ3v) is 5.90. The molecule has 1 saturated heterocycles. The van der Waals surface area contributed by atoms with Gasteiger partial charge in [-0.15, -0.1) is 0 Å². The van der Waals surface area contributed by atoms with Crippen LogP contribution in [0.4, 0.5) is 0 Å². The molecule has 1 aromatic carbocycles. The minimum atomic E-state index is -3.56. The highest BCUT2D eigenvalue weighted by Crippen LogP contribution is 2.27. The molecule has 0 bridgehead atoms. The Hall–Kier alpha value is -1.66. The third-order valence-electron chi connectivity index (χ3n) is 4.07. The van der Waals surface area contributed by atoms with Gasteiger partial charge in [0.1, 0.15) is 5.58 Å². The number of sulfonamides is 1. The summed E-state index contributed by atoms with van der Waals surface area (Å²) in [5.74, 6) is 0.689. The Balaban J connectivity index is 2.03. The molecule has 0 aliphatic carbocycles.